The maximum atomic E-state index is 14.4. The van der Waals surface area contributed by atoms with Crippen molar-refractivity contribution >= 4 is 21.7 Å². The number of esters is 1. The first-order chi connectivity index (χ1) is 11.8. The predicted molar refractivity (Wildman–Crippen MR) is 89.6 cm³/mol. The quantitative estimate of drug-likeness (QED) is 0.759. The van der Waals surface area contributed by atoms with Gasteiger partial charge >= 0.3 is 5.97 Å². The van der Waals surface area contributed by atoms with Gasteiger partial charge in [-0.05, 0) is 30.7 Å². The van der Waals surface area contributed by atoms with Crippen LogP contribution in [0.3, 0.4) is 0 Å². The molecule has 0 aliphatic carbocycles. The molecule has 8 heteroatoms. The number of carbonyl (C=O) groups excluding carboxylic acids is 1. The third kappa shape index (κ3) is 4.99. The summed E-state index contributed by atoms with van der Waals surface area (Å²) in [5, 5.41) is 0. The van der Waals surface area contributed by atoms with E-state index < -0.39 is 39.8 Å². The van der Waals surface area contributed by atoms with Crippen LogP contribution in [0.4, 0.5) is 14.5 Å². The third-order valence-electron chi connectivity index (χ3n) is 3.28. The Morgan fingerprint density at radius 3 is 2.44 bits per heavy atom. The summed E-state index contributed by atoms with van der Waals surface area (Å²) in [5.74, 6) is -2.98. The Morgan fingerprint density at radius 2 is 1.80 bits per heavy atom. The van der Waals surface area contributed by atoms with Gasteiger partial charge in [0.1, 0.15) is 12.4 Å². The van der Waals surface area contributed by atoms with Gasteiger partial charge in [-0.15, -0.1) is 0 Å². The zero-order valence-corrected chi connectivity index (χ0v) is 14.3. The van der Waals surface area contributed by atoms with Crippen LogP contribution in [0.15, 0.2) is 42.5 Å². The van der Waals surface area contributed by atoms with Gasteiger partial charge in [0.25, 0.3) is 0 Å². The zero-order chi connectivity index (χ0) is 18.4. The second-order valence-corrected chi connectivity index (χ2v) is 7.09. The molecule has 0 fully saturated rings. The predicted octanol–water partition coefficient (Wildman–Crippen LogP) is 3.47. The largest absolute Gasteiger partial charge is 0.457 e. The number of halogens is 2. The van der Waals surface area contributed by atoms with E-state index in [9.17, 15) is 22.0 Å². The Balaban J connectivity index is 2.18. The van der Waals surface area contributed by atoms with Gasteiger partial charge in [0.05, 0.1) is 22.6 Å². The molecule has 0 saturated heterocycles. The van der Waals surface area contributed by atoms with Gasteiger partial charge < -0.3 is 4.74 Å². The van der Waals surface area contributed by atoms with Gasteiger partial charge in [0.2, 0.25) is 10.0 Å². The second-order valence-electron chi connectivity index (χ2n) is 5.25. The lowest BCUT2D eigenvalue weighted by molar-refractivity contribution is 0.0465. The molecule has 0 bridgehead atoms. The molecule has 0 atom stereocenters. The maximum Gasteiger partial charge on any atom is 0.338 e. The van der Waals surface area contributed by atoms with Crippen molar-refractivity contribution in [1.82, 2.24) is 0 Å². The van der Waals surface area contributed by atoms with Crippen LogP contribution in [-0.2, 0) is 21.4 Å². The van der Waals surface area contributed by atoms with Crippen LogP contribution in [0.2, 0.25) is 0 Å². The minimum Gasteiger partial charge on any atom is -0.457 e. The number of sulfonamides is 1. The van der Waals surface area contributed by atoms with Gasteiger partial charge in [0, 0.05) is 0 Å². The van der Waals surface area contributed by atoms with E-state index in [1.165, 1.54) is 12.1 Å². The molecule has 1 N–H and O–H groups in total. The summed E-state index contributed by atoms with van der Waals surface area (Å²) >= 11 is 0. The van der Waals surface area contributed by atoms with Gasteiger partial charge in [0.15, 0.2) is 5.82 Å². The molecule has 0 heterocycles. The average molecular weight is 369 g/mol. The summed E-state index contributed by atoms with van der Waals surface area (Å²) < 4.78 is 58.7. The molecule has 0 aliphatic heterocycles. The third-order valence-corrected chi connectivity index (χ3v) is 4.76. The standard InChI is InChI=1S/C17H17F2NO4S/c1-2-10-25(22,23)20-15-9-8-14(18)13(16(15)19)11-24-17(21)12-6-4-3-5-7-12/h3-9,20H,2,10-11H2,1H3. The van der Waals surface area contributed by atoms with Gasteiger partial charge in [-0.25, -0.2) is 22.0 Å². The smallest absolute Gasteiger partial charge is 0.338 e. The highest BCUT2D eigenvalue weighted by atomic mass is 32.2. The first-order valence-corrected chi connectivity index (χ1v) is 9.19. The van der Waals surface area contributed by atoms with E-state index >= 15 is 0 Å². The van der Waals surface area contributed by atoms with Crippen LogP contribution in [0.1, 0.15) is 29.3 Å². The topological polar surface area (TPSA) is 72.5 Å². The number of nitrogens with one attached hydrogen (secondary N) is 1. The molecular weight excluding hydrogens is 352 g/mol. The minimum atomic E-state index is -3.73. The fourth-order valence-corrected chi connectivity index (χ4v) is 3.22. The Bertz CT molecular complexity index is 854. The van der Waals surface area contributed by atoms with Crippen LogP contribution < -0.4 is 4.72 Å². The van der Waals surface area contributed by atoms with E-state index in [0.29, 0.717) is 6.42 Å². The van der Waals surface area contributed by atoms with Crippen molar-refractivity contribution in [3.63, 3.8) is 0 Å². The number of benzene rings is 2. The summed E-state index contributed by atoms with van der Waals surface area (Å²) in [4.78, 5) is 11.9. The molecule has 0 aromatic heterocycles. The number of hydrogen-bond acceptors (Lipinski definition) is 4. The highest BCUT2D eigenvalue weighted by Gasteiger charge is 2.19. The number of ether oxygens (including phenoxy) is 1. The lowest BCUT2D eigenvalue weighted by atomic mass is 10.2. The summed E-state index contributed by atoms with van der Waals surface area (Å²) in [6.07, 6.45) is 0.347. The van der Waals surface area contributed by atoms with Gasteiger partial charge in [-0.1, -0.05) is 25.1 Å². The summed E-state index contributed by atoms with van der Waals surface area (Å²) in [5.41, 5.74) is -0.676. The highest BCUT2D eigenvalue weighted by molar-refractivity contribution is 7.92. The number of carbonyl (C=O) groups is 1. The number of anilines is 1. The van der Waals surface area contributed by atoms with Crippen LogP contribution in [0, 0.1) is 11.6 Å². The minimum absolute atomic E-state index is 0.192. The van der Waals surface area contributed by atoms with Crippen LogP contribution in [-0.4, -0.2) is 20.1 Å². The van der Waals surface area contributed by atoms with E-state index in [1.54, 1.807) is 25.1 Å². The van der Waals surface area contributed by atoms with Crippen molar-refractivity contribution < 1.29 is 26.7 Å². The fraction of sp³-hybridized carbons (Fsp3) is 0.235. The lowest BCUT2D eigenvalue weighted by Crippen LogP contribution is -2.18. The molecule has 0 amide bonds. The van der Waals surface area contributed by atoms with Crippen LogP contribution >= 0.6 is 0 Å². The lowest BCUT2D eigenvalue weighted by Gasteiger charge is -2.12. The van der Waals surface area contributed by atoms with E-state index in [0.717, 1.165) is 12.1 Å². The fourth-order valence-electron chi connectivity index (χ4n) is 2.09. The summed E-state index contributed by atoms with van der Waals surface area (Å²) in [7, 11) is -3.73. The van der Waals surface area contributed by atoms with Crippen molar-refractivity contribution in [2.45, 2.75) is 20.0 Å². The van der Waals surface area contributed by atoms with Gasteiger partial charge in [-0.3, -0.25) is 4.72 Å². The van der Waals surface area contributed by atoms with Crippen LogP contribution in [0.25, 0.3) is 0 Å². The van der Waals surface area contributed by atoms with E-state index in [-0.39, 0.29) is 17.0 Å². The molecule has 0 spiro atoms. The maximum absolute atomic E-state index is 14.4. The first kappa shape index (κ1) is 18.9. The average Bonchev–Trinajstić information content (AvgIpc) is 2.58. The molecule has 134 valence electrons. The monoisotopic (exact) mass is 369 g/mol. The zero-order valence-electron chi connectivity index (χ0n) is 13.5. The van der Waals surface area contributed by atoms with E-state index in [2.05, 4.69) is 4.72 Å². The van der Waals surface area contributed by atoms with Crippen molar-refractivity contribution in [1.29, 1.82) is 0 Å². The first-order valence-electron chi connectivity index (χ1n) is 7.53. The molecule has 25 heavy (non-hydrogen) atoms. The molecule has 5 nitrogen and oxygen atoms in total. The SMILES string of the molecule is CCCS(=O)(=O)Nc1ccc(F)c(COC(=O)c2ccccc2)c1F. The summed E-state index contributed by atoms with van der Waals surface area (Å²) in [6, 6.07) is 9.87. The van der Waals surface area contributed by atoms with Crippen molar-refractivity contribution in [3.05, 3.63) is 65.2 Å². The molecule has 0 saturated carbocycles. The van der Waals surface area contributed by atoms with E-state index in [1.807, 2.05) is 0 Å². The molecule has 2 rings (SSSR count). The normalized spacial score (nSPS) is 11.2. The second kappa shape index (κ2) is 8.06. The summed E-state index contributed by atoms with van der Waals surface area (Å²) in [6.45, 7) is 1.00. The van der Waals surface area contributed by atoms with Crippen molar-refractivity contribution in [3.8, 4) is 0 Å². The van der Waals surface area contributed by atoms with Crippen molar-refractivity contribution in [2.24, 2.45) is 0 Å². The molecule has 0 unspecified atom stereocenters. The Hall–Kier alpha value is -2.48. The number of hydrogen-bond donors (Lipinski definition) is 1. The van der Waals surface area contributed by atoms with Crippen LogP contribution in [0.5, 0.6) is 0 Å². The van der Waals surface area contributed by atoms with Crippen molar-refractivity contribution in [2.75, 3.05) is 10.5 Å². The molecule has 0 radical (unpaired) electrons. The molecular formula is C17H17F2NO4S. The highest BCUT2D eigenvalue weighted by Crippen LogP contribution is 2.23. The molecule has 2 aromatic carbocycles. The Kier molecular flexibility index (Phi) is 6.08. The number of rotatable bonds is 7. The Morgan fingerprint density at radius 1 is 1.12 bits per heavy atom. The Labute approximate surface area is 144 Å². The van der Waals surface area contributed by atoms with E-state index in [4.69, 9.17) is 4.74 Å². The molecule has 0 aliphatic rings. The van der Waals surface area contributed by atoms with Gasteiger partial charge in [-0.2, -0.15) is 0 Å². The molecule has 2 aromatic rings.